The number of carboxylic acid groups (broad SMARTS) is 1. The van der Waals surface area contributed by atoms with Gasteiger partial charge in [-0.25, -0.2) is 4.79 Å². The molecule has 0 aliphatic carbocycles. The van der Waals surface area contributed by atoms with Crippen LogP contribution in [0, 0.1) is 11.8 Å². The van der Waals surface area contributed by atoms with Crippen molar-refractivity contribution in [1.29, 1.82) is 0 Å². The Morgan fingerprint density at radius 2 is 1.23 bits per heavy atom. The zero-order valence-electron chi connectivity index (χ0n) is 73.7. The van der Waals surface area contributed by atoms with Gasteiger partial charge in [-0.05, 0) is 157 Å². The Morgan fingerprint density at radius 1 is 0.622 bits per heavy atom. The molecule has 7 aromatic carbocycles. The number of nitrogens with two attached hydrogens (primary N) is 2. The predicted octanol–water partition coefficient (Wildman–Crippen LogP) is 2.11. The van der Waals surface area contributed by atoms with Gasteiger partial charge in [0.1, 0.15) is 113 Å². The molecule has 20 atom stereocenters. The maximum Gasteiger partial charge on any atom is 0.326 e. The van der Waals surface area contributed by atoms with Crippen molar-refractivity contribution in [1.82, 2.24) is 58.2 Å². The molecule has 11 bridgehead atoms. The molecule has 1 aromatic heterocycles. The molecule has 20 unspecified atom stereocenters. The molecule has 8 heterocycles. The number of ether oxygens (including phenoxy) is 6. The number of halogens is 2. The van der Waals surface area contributed by atoms with E-state index < -0.39 is 285 Å². The molecule has 720 valence electrons. The van der Waals surface area contributed by atoms with Crippen LogP contribution < -0.4 is 78.8 Å². The largest absolute Gasteiger partial charge is 0.508 e. The first kappa shape index (κ1) is 99.5. The Kier molecular flexibility index (Phi) is 30.5. The van der Waals surface area contributed by atoms with Gasteiger partial charge in [-0.2, -0.15) is 0 Å². The van der Waals surface area contributed by atoms with E-state index in [4.69, 9.17) is 63.1 Å². The van der Waals surface area contributed by atoms with Crippen LogP contribution in [-0.4, -0.2) is 236 Å². The highest BCUT2D eigenvalue weighted by molar-refractivity contribution is 6.32. The van der Waals surface area contributed by atoms with Crippen LogP contribution in [0.5, 0.6) is 51.7 Å². The molecule has 2 fully saturated rings. The molecule has 135 heavy (non-hydrogen) atoms. The minimum Gasteiger partial charge on any atom is -0.508 e. The second-order valence-electron chi connectivity index (χ2n) is 35.0. The fraction of sp³-hybridized carbons (Fsp3) is 0.402. The number of benzene rings is 7. The number of nitrogens with one attached hydrogen (secondary N) is 11. The predicted molar refractivity (Wildman–Crippen MR) is 478 cm³/mol. The monoisotopic (exact) mass is 1910 g/mol. The molecule has 0 radical (unpaired) electrons. The molecule has 41 nitrogen and oxygen atoms in total. The number of fused-ring (bicyclic) bond motifs is 16. The van der Waals surface area contributed by atoms with Crippen molar-refractivity contribution in [2.75, 3.05) is 13.7 Å². The molecular formula is C92H105Cl2N13O28. The minimum absolute atomic E-state index is 0.0700. The minimum atomic E-state index is -3.76. The number of amides is 10. The summed E-state index contributed by atoms with van der Waals surface area (Å²) in [5.74, 6) is -21.9. The number of hydrogen-bond donors (Lipinski definition) is 24. The highest BCUT2D eigenvalue weighted by Gasteiger charge is 2.57. The molecule has 43 heteroatoms. The lowest BCUT2D eigenvalue weighted by molar-refractivity contribution is -0.277. The number of H-pyrrole nitrogens is 1. The van der Waals surface area contributed by atoms with Crippen LogP contribution >= 0.6 is 23.2 Å². The molecule has 0 spiro atoms. The van der Waals surface area contributed by atoms with Gasteiger partial charge < -0.3 is 154 Å². The molecule has 26 N–H and O–H groups in total. The Morgan fingerprint density at radius 3 is 1.86 bits per heavy atom. The lowest BCUT2D eigenvalue weighted by Crippen LogP contribution is -2.73. The number of aliphatic hydroxyl groups excluding tert-OH is 6. The molecule has 0 saturated carbocycles. The maximum atomic E-state index is 16.8. The second kappa shape index (κ2) is 41.5. The van der Waals surface area contributed by atoms with E-state index in [1.807, 2.05) is 0 Å². The van der Waals surface area contributed by atoms with E-state index in [0.29, 0.717) is 16.5 Å². The number of aromatic nitrogens is 1. The Bertz CT molecular complexity index is 5870. The summed E-state index contributed by atoms with van der Waals surface area (Å²) in [6.07, 6.45) is -20.3. The lowest BCUT2D eigenvalue weighted by atomic mass is 9.83. The summed E-state index contributed by atoms with van der Waals surface area (Å²) in [5, 5.41) is 151. The highest BCUT2D eigenvalue weighted by Crippen LogP contribution is 2.50. The fourth-order valence-electron chi connectivity index (χ4n) is 16.9. The van der Waals surface area contributed by atoms with E-state index in [0.717, 1.165) is 60.7 Å². The maximum absolute atomic E-state index is 16.8. The number of phenolic OH excluding ortho intramolecular Hbond substituents is 4. The number of aliphatic carboxylic acids is 1. The lowest BCUT2D eigenvalue weighted by Gasteiger charge is -2.44. The number of rotatable bonds is 25. The number of phenols is 4. The summed E-state index contributed by atoms with van der Waals surface area (Å²) in [6, 6.07) is 9.51. The van der Waals surface area contributed by atoms with Gasteiger partial charge in [0.05, 0.1) is 41.3 Å². The third-order valence-electron chi connectivity index (χ3n) is 24.0. The normalized spacial score (nSPS) is 25.6. The number of aromatic hydroxyl groups is 4. The average molecular weight is 1910 g/mol. The third kappa shape index (κ3) is 22.0. The van der Waals surface area contributed by atoms with Gasteiger partial charge in [0, 0.05) is 65.6 Å². The summed E-state index contributed by atoms with van der Waals surface area (Å²) in [4.78, 5) is 175. The van der Waals surface area contributed by atoms with Crippen molar-refractivity contribution >= 4 is 99.1 Å². The van der Waals surface area contributed by atoms with E-state index >= 15 is 38.4 Å². The number of aliphatic hydroxyl groups is 6. The Labute approximate surface area is 780 Å². The second-order valence-corrected chi connectivity index (χ2v) is 35.8. The van der Waals surface area contributed by atoms with Crippen LogP contribution in [0.2, 0.25) is 10.0 Å². The SMILES string of the molecule is CNC(CC(C)C)C(=O)NC1(C(=O)NC(Cc2ccc(O)cc2)C(=O)NC(Cc2c[nH]c3ccccc23)C(=O)NC(CC(C)C)C(=O)O)C(=O)NC(CC(N)=O)C(=O)NC2C(=O)NC3C(=O)NC(C(=O)NCc4cc(O)cc(O)c4-c4cc3ccc4O)C(OC3CC(C)(N)C(O)C(C)O3)c3ccc(c(Cl)c3)Oc3cc2cc(c3OC2OC(CO)C(O)C(O)C2O)Oc2ccc(cc2Cl)C1O. The summed E-state index contributed by atoms with van der Waals surface area (Å²) in [6.45, 7) is 8.17. The number of primary amides is 1. The highest BCUT2D eigenvalue weighted by atomic mass is 35.5. The summed E-state index contributed by atoms with van der Waals surface area (Å²) < 4.78 is 38.7. The fourth-order valence-corrected chi connectivity index (χ4v) is 17.3. The van der Waals surface area contributed by atoms with Gasteiger partial charge in [0.15, 0.2) is 17.8 Å². The number of carbonyl (C=O) groups excluding carboxylic acids is 10. The van der Waals surface area contributed by atoms with Gasteiger partial charge >= 0.3 is 5.97 Å². The van der Waals surface area contributed by atoms with Crippen molar-refractivity contribution in [3.05, 3.63) is 183 Å². The van der Waals surface area contributed by atoms with Crippen molar-refractivity contribution < 1.29 is 137 Å². The molecule has 8 aromatic rings. The number of carboxylic acids is 1. The first-order valence-electron chi connectivity index (χ1n) is 43.1. The van der Waals surface area contributed by atoms with Crippen molar-refractivity contribution in [3.8, 4) is 62.9 Å². The van der Waals surface area contributed by atoms with Crippen molar-refractivity contribution in [2.45, 2.75) is 207 Å². The van der Waals surface area contributed by atoms with E-state index in [-0.39, 0.29) is 70.7 Å². The van der Waals surface area contributed by atoms with Gasteiger partial charge in [-0.3, -0.25) is 47.9 Å². The van der Waals surface area contributed by atoms with Crippen LogP contribution in [0.3, 0.4) is 0 Å². The van der Waals surface area contributed by atoms with Gasteiger partial charge in [0.2, 0.25) is 64.8 Å². The van der Waals surface area contributed by atoms with Crippen LogP contribution in [-0.2, 0) is 86.3 Å². The number of aromatic amines is 1. The molecule has 15 rings (SSSR count). The molecular weight excluding hydrogens is 1810 g/mol. The summed E-state index contributed by atoms with van der Waals surface area (Å²) >= 11 is 14.7. The van der Waals surface area contributed by atoms with Crippen molar-refractivity contribution in [2.24, 2.45) is 23.3 Å². The first-order valence-corrected chi connectivity index (χ1v) is 43.9. The Hall–Kier alpha value is -13.0. The first-order chi connectivity index (χ1) is 63.9. The van der Waals surface area contributed by atoms with Crippen molar-refractivity contribution in [3.63, 3.8) is 0 Å². The quantitative estimate of drug-likeness (QED) is 0.0364. The standard InChI is InChI=1S/C92H105Cl2N13O28/c1-38(2)22-55(97-7)83(122)107-92(89(128)102-56(24-41-12-17-48(109)18-13-41)80(119)100-57(81(120)101-59(87(126)127)23-39(3)4)29-46-35-98-54-11-9-8-10-50(46)54)79(118)44-16-21-63(53(94)28-44)132-65-31-45-30-64(77(65)135-88-75(116)74(115)73(114)66(37-108)133-88)131-62-20-15-43(27-52(62)93)76(134-68-34-91(6,96)78(117)40(5)130-68)72-84(123)99-36-47-25-49(110)32-61(112)69(47)51-26-42(14-19-60(51)111)70(85(124)106-72)105-86(125)71(45)104-82(121)58(33-67(95)113)103-90(92)129/h8-21,25-28,30-32,35,38-40,55-59,66,68,70-76,78-79,88,97-98,108-112,114-118H,22-24,29,33-34,36-37,96H2,1-7H3,(H2,95,113)(H,99,123)(H,100,119)(H,101,120)(H,102,128)(H,103,129)(H,104,121)(H,105,125)(H,106,124)(H,107,122)(H,126,127). The van der Waals surface area contributed by atoms with Crippen LogP contribution in [0.4, 0.5) is 0 Å². The van der Waals surface area contributed by atoms with Crippen LogP contribution in [0.15, 0.2) is 134 Å². The number of likely N-dealkylation sites (N-methyl/N-ethyl adjacent to an activating group) is 1. The zero-order chi connectivity index (χ0) is 97.8. The van der Waals surface area contributed by atoms with Gasteiger partial charge in [0.25, 0.3) is 11.8 Å². The number of carbonyl (C=O) groups is 11. The third-order valence-corrected chi connectivity index (χ3v) is 24.6. The molecule has 10 amide bonds. The number of hydrogen-bond acceptors (Lipinski definition) is 29. The topological polar surface area (TPSA) is 654 Å². The van der Waals surface area contributed by atoms with E-state index in [2.05, 4.69) is 58.2 Å². The van der Waals surface area contributed by atoms with Crippen LogP contribution in [0.1, 0.15) is 130 Å². The van der Waals surface area contributed by atoms with E-state index in [1.54, 1.807) is 58.2 Å². The number of para-hydroxylation sites is 1. The van der Waals surface area contributed by atoms with E-state index in [1.165, 1.54) is 63.4 Å². The molecule has 7 aliphatic rings. The van der Waals surface area contributed by atoms with Gasteiger partial charge in [-0.15, -0.1) is 0 Å². The van der Waals surface area contributed by atoms with Gasteiger partial charge in [-0.1, -0.05) is 99.4 Å². The Balaban J connectivity index is 1.03. The molecule has 7 aliphatic heterocycles. The summed E-state index contributed by atoms with van der Waals surface area (Å²) in [7, 11) is 1.33. The smallest absolute Gasteiger partial charge is 0.326 e. The summed E-state index contributed by atoms with van der Waals surface area (Å²) in [5.41, 5.74) is 6.38. The van der Waals surface area contributed by atoms with Crippen LogP contribution in [0.25, 0.3) is 22.0 Å². The van der Waals surface area contributed by atoms with E-state index in [9.17, 15) is 70.6 Å². The zero-order valence-corrected chi connectivity index (χ0v) is 75.2. The average Bonchev–Trinajstić information content (AvgIpc) is 0.987. The molecule has 2 saturated heterocycles.